The fourth-order valence-electron chi connectivity index (χ4n) is 2.56. The summed E-state index contributed by atoms with van der Waals surface area (Å²) in [7, 11) is 0. The Morgan fingerprint density at radius 1 is 1.41 bits per heavy atom. The summed E-state index contributed by atoms with van der Waals surface area (Å²) in [5, 5.41) is 3.64. The summed E-state index contributed by atoms with van der Waals surface area (Å²) >= 11 is 9.32. The lowest BCUT2D eigenvalue weighted by molar-refractivity contribution is -0.113. The summed E-state index contributed by atoms with van der Waals surface area (Å²) in [4.78, 5) is 18.8. The number of aliphatic imine (C=N–C) groups is 1. The molecule has 0 saturated carbocycles. The summed E-state index contributed by atoms with van der Waals surface area (Å²) < 4.78 is 1.01. The van der Waals surface area contributed by atoms with Crippen LogP contribution in [0.25, 0.3) is 0 Å². The summed E-state index contributed by atoms with van der Waals surface area (Å²) in [5.41, 5.74) is 1.87. The average molecular weight is 356 g/mol. The van der Waals surface area contributed by atoms with Crippen molar-refractivity contribution in [3.63, 3.8) is 0 Å². The van der Waals surface area contributed by atoms with Gasteiger partial charge in [0, 0.05) is 23.9 Å². The second-order valence-electron chi connectivity index (χ2n) is 5.19. The number of amides is 1. The molecule has 2 heterocycles. The molecular formula is C15H18ClN3OS2. The summed E-state index contributed by atoms with van der Waals surface area (Å²) in [5.74, 6) is 1.40. The molecule has 22 heavy (non-hydrogen) atoms. The molecule has 1 saturated heterocycles. The number of nitrogens with zero attached hydrogens (tertiary/aromatic N) is 2. The third-order valence-electron chi connectivity index (χ3n) is 3.56. The number of halogens is 1. The Hall–Kier alpha value is -0.850. The standard InChI is InChI=1S/C15H18ClN3OS2/c16-11-3-4-13(19-6-1-2-7-19)12(9-11)18-14(20)10-22-15-17-5-8-21-15/h3-4,9H,1-2,5-8,10H2,(H,18,20). The molecule has 1 amide bonds. The van der Waals surface area contributed by atoms with Crippen LogP contribution in [-0.4, -0.2) is 41.4 Å². The topological polar surface area (TPSA) is 44.7 Å². The van der Waals surface area contributed by atoms with Crippen molar-refractivity contribution >= 4 is 56.8 Å². The van der Waals surface area contributed by atoms with Gasteiger partial charge in [0.2, 0.25) is 5.91 Å². The smallest absolute Gasteiger partial charge is 0.234 e. The highest BCUT2D eigenvalue weighted by Crippen LogP contribution is 2.32. The van der Waals surface area contributed by atoms with Gasteiger partial charge in [0.1, 0.15) is 4.38 Å². The van der Waals surface area contributed by atoms with E-state index in [0.717, 1.165) is 41.1 Å². The Morgan fingerprint density at radius 2 is 2.23 bits per heavy atom. The van der Waals surface area contributed by atoms with Gasteiger partial charge in [-0.25, -0.2) is 0 Å². The van der Waals surface area contributed by atoms with Crippen LogP contribution in [0.15, 0.2) is 23.2 Å². The maximum atomic E-state index is 12.2. The lowest BCUT2D eigenvalue weighted by Gasteiger charge is -2.21. The second-order valence-corrected chi connectivity index (χ2v) is 7.93. The Bertz CT molecular complexity index is 588. The molecule has 0 aliphatic carbocycles. The van der Waals surface area contributed by atoms with Crippen molar-refractivity contribution in [1.29, 1.82) is 0 Å². The molecule has 0 spiro atoms. The van der Waals surface area contributed by atoms with Crippen LogP contribution in [0.2, 0.25) is 5.02 Å². The SMILES string of the molecule is O=C(CSC1=NCCS1)Nc1cc(Cl)ccc1N1CCCC1. The minimum absolute atomic E-state index is 0.0112. The molecule has 0 atom stereocenters. The van der Waals surface area contributed by atoms with Crippen LogP contribution in [0.5, 0.6) is 0 Å². The molecule has 2 aliphatic heterocycles. The predicted molar refractivity (Wildman–Crippen MR) is 98.7 cm³/mol. The quantitative estimate of drug-likeness (QED) is 0.894. The summed E-state index contributed by atoms with van der Waals surface area (Å²) in [6.07, 6.45) is 2.39. The number of rotatable bonds is 4. The van der Waals surface area contributed by atoms with E-state index in [0.29, 0.717) is 10.8 Å². The number of carbonyl (C=O) groups excluding carboxylic acids is 1. The van der Waals surface area contributed by atoms with Crippen molar-refractivity contribution in [2.24, 2.45) is 4.99 Å². The first-order valence-electron chi connectivity index (χ1n) is 7.37. The van der Waals surface area contributed by atoms with Crippen LogP contribution < -0.4 is 10.2 Å². The summed E-state index contributed by atoms with van der Waals surface area (Å²) in [6, 6.07) is 5.70. The fraction of sp³-hybridized carbons (Fsp3) is 0.467. The van der Waals surface area contributed by atoms with Gasteiger partial charge >= 0.3 is 0 Å². The summed E-state index contributed by atoms with van der Waals surface area (Å²) in [6.45, 7) is 2.93. The van der Waals surface area contributed by atoms with E-state index in [1.165, 1.54) is 24.6 Å². The molecule has 0 aromatic heterocycles. The van der Waals surface area contributed by atoms with Gasteiger partial charge in [0.05, 0.1) is 23.7 Å². The van der Waals surface area contributed by atoms with Crippen LogP contribution in [-0.2, 0) is 4.79 Å². The highest BCUT2D eigenvalue weighted by molar-refractivity contribution is 8.39. The van der Waals surface area contributed by atoms with Crippen molar-refractivity contribution in [1.82, 2.24) is 0 Å². The van der Waals surface area contributed by atoms with Crippen LogP contribution in [0.4, 0.5) is 11.4 Å². The van der Waals surface area contributed by atoms with E-state index >= 15 is 0 Å². The molecule has 1 fully saturated rings. The molecule has 1 aromatic rings. The molecule has 3 rings (SSSR count). The van der Waals surface area contributed by atoms with Gasteiger partial charge in [0.15, 0.2) is 0 Å². The first kappa shape index (κ1) is 16.0. The normalized spacial score (nSPS) is 17.7. The van der Waals surface area contributed by atoms with E-state index in [-0.39, 0.29) is 5.91 Å². The number of nitrogens with one attached hydrogen (secondary N) is 1. The molecule has 1 aromatic carbocycles. The first-order chi connectivity index (χ1) is 10.7. The number of hydrogen-bond acceptors (Lipinski definition) is 5. The Balaban J connectivity index is 1.65. The molecule has 0 radical (unpaired) electrons. The fourth-order valence-corrected chi connectivity index (χ4v) is 4.54. The van der Waals surface area contributed by atoms with Gasteiger partial charge in [-0.1, -0.05) is 35.1 Å². The zero-order valence-electron chi connectivity index (χ0n) is 12.2. The molecule has 0 bridgehead atoms. The van der Waals surface area contributed by atoms with Crippen molar-refractivity contribution in [2.45, 2.75) is 12.8 Å². The lowest BCUT2D eigenvalue weighted by atomic mass is 10.2. The number of carbonyl (C=O) groups is 1. The number of thioether (sulfide) groups is 2. The van der Waals surface area contributed by atoms with E-state index < -0.39 is 0 Å². The van der Waals surface area contributed by atoms with Gasteiger partial charge in [-0.15, -0.1) is 0 Å². The van der Waals surface area contributed by atoms with Gasteiger partial charge in [-0.3, -0.25) is 9.79 Å². The highest BCUT2D eigenvalue weighted by Gasteiger charge is 2.18. The average Bonchev–Trinajstić information content (AvgIpc) is 3.19. The predicted octanol–water partition coefficient (Wildman–Crippen LogP) is 3.71. The van der Waals surface area contributed by atoms with E-state index in [2.05, 4.69) is 15.2 Å². The van der Waals surface area contributed by atoms with E-state index in [1.807, 2.05) is 18.2 Å². The van der Waals surface area contributed by atoms with Crippen molar-refractivity contribution in [3.8, 4) is 0 Å². The molecule has 7 heteroatoms. The minimum Gasteiger partial charge on any atom is -0.370 e. The van der Waals surface area contributed by atoms with Crippen LogP contribution in [0.1, 0.15) is 12.8 Å². The number of hydrogen-bond donors (Lipinski definition) is 1. The molecule has 2 aliphatic rings. The number of anilines is 2. The Labute approximate surface area is 144 Å². The third-order valence-corrected chi connectivity index (χ3v) is 6.05. The van der Waals surface area contributed by atoms with Crippen LogP contribution in [0, 0.1) is 0 Å². The lowest BCUT2D eigenvalue weighted by Crippen LogP contribution is -2.22. The maximum absolute atomic E-state index is 12.2. The molecular weight excluding hydrogens is 338 g/mol. The van der Waals surface area contributed by atoms with E-state index in [4.69, 9.17) is 11.6 Å². The molecule has 1 N–H and O–H groups in total. The molecule has 118 valence electrons. The van der Waals surface area contributed by atoms with Crippen molar-refractivity contribution in [2.75, 3.05) is 41.4 Å². The zero-order valence-corrected chi connectivity index (χ0v) is 14.6. The van der Waals surface area contributed by atoms with Crippen molar-refractivity contribution in [3.05, 3.63) is 23.2 Å². The van der Waals surface area contributed by atoms with E-state index in [9.17, 15) is 4.79 Å². The van der Waals surface area contributed by atoms with Crippen molar-refractivity contribution < 1.29 is 4.79 Å². The minimum atomic E-state index is -0.0112. The molecule has 4 nitrogen and oxygen atoms in total. The monoisotopic (exact) mass is 355 g/mol. The Kier molecular flexibility index (Phi) is 5.55. The van der Waals surface area contributed by atoms with E-state index in [1.54, 1.807) is 11.8 Å². The highest BCUT2D eigenvalue weighted by atomic mass is 35.5. The van der Waals surface area contributed by atoms with Gasteiger partial charge in [0.25, 0.3) is 0 Å². The third kappa shape index (κ3) is 4.12. The zero-order chi connectivity index (χ0) is 15.4. The maximum Gasteiger partial charge on any atom is 0.234 e. The Morgan fingerprint density at radius 3 is 2.95 bits per heavy atom. The molecule has 0 unspecified atom stereocenters. The largest absolute Gasteiger partial charge is 0.370 e. The van der Waals surface area contributed by atoms with Gasteiger partial charge in [-0.2, -0.15) is 0 Å². The van der Waals surface area contributed by atoms with Crippen LogP contribution >= 0.6 is 35.1 Å². The second kappa shape index (κ2) is 7.62. The van der Waals surface area contributed by atoms with Gasteiger partial charge in [-0.05, 0) is 31.0 Å². The van der Waals surface area contributed by atoms with Gasteiger partial charge < -0.3 is 10.2 Å². The first-order valence-corrected chi connectivity index (χ1v) is 9.72. The number of benzene rings is 1. The van der Waals surface area contributed by atoms with Crippen LogP contribution in [0.3, 0.4) is 0 Å².